The first-order valence-corrected chi connectivity index (χ1v) is 9.59. The number of benzene rings is 1. The summed E-state index contributed by atoms with van der Waals surface area (Å²) in [5.74, 6) is 0.579. The van der Waals surface area contributed by atoms with E-state index in [-0.39, 0.29) is 11.7 Å². The van der Waals surface area contributed by atoms with Crippen LogP contribution in [0.5, 0.6) is 0 Å². The number of ether oxygens (including phenoxy) is 1. The molecule has 0 radical (unpaired) electrons. The molecule has 2 aromatic heterocycles. The van der Waals surface area contributed by atoms with Crippen LogP contribution in [0.25, 0.3) is 11.3 Å². The number of morpholine rings is 1. The Balaban J connectivity index is 1.71. The number of rotatable bonds is 3. The molecule has 4 rings (SSSR count). The van der Waals surface area contributed by atoms with Gasteiger partial charge < -0.3 is 9.64 Å². The maximum Gasteiger partial charge on any atom is 0.255 e. The van der Waals surface area contributed by atoms with E-state index in [0.717, 1.165) is 11.1 Å². The number of nitrogens with zero attached hydrogens (tertiary/aromatic N) is 4. The van der Waals surface area contributed by atoms with Gasteiger partial charge in [-0.3, -0.25) is 14.3 Å². The largest absolute Gasteiger partial charge is 0.370 e. The molecule has 0 amide bonds. The molecule has 3 aromatic rings. The van der Waals surface area contributed by atoms with Crippen molar-refractivity contribution in [2.75, 3.05) is 24.6 Å². The van der Waals surface area contributed by atoms with E-state index in [1.807, 2.05) is 17.0 Å². The van der Waals surface area contributed by atoms with Crippen LogP contribution in [0.1, 0.15) is 11.7 Å². The highest BCUT2D eigenvalue weighted by Crippen LogP contribution is 2.35. The standard InChI is InChI=1S/C20H18Cl2N4O2/c1-25-18(27)11-16(13-5-7-23-8-6-13)24-20(25)26-9-10-28-17(12-26)19-14(21)3-2-4-15(19)22/h2-8,11,17H,9-10,12H2,1H3/t17-/m1/s1. The van der Waals surface area contributed by atoms with Gasteiger partial charge in [-0.1, -0.05) is 29.3 Å². The topological polar surface area (TPSA) is 60.2 Å². The second kappa shape index (κ2) is 7.91. The van der Waals surface area contributed by atoms with Crippen molar-refractivity contribution in [2.24, 2.45) is 7.05 Å². The van der Waals surface area contributed by atoms with Crippen LogP contribution >= 0.6 is 23.2 Å². The molecule has 6 nitrogen and oxygen atoms in total. The molecule has 1 saturated heterocycles. The number of aromatic nitrogens is 3. The van der Waals surface area contributed by atoms with E-state index in [2.05, 4.69) is 4.98 Å². The summed E-state index contributed by atoms with van der Waals surface area (Å²) in [5.41, 5.74) is 2.08. The zero-order chi connectivity index (χ0) is 19.7. The number of halogens is 2. The maximum atomic E-state index is 12.5. The lowest BCUT2D eigenvalue weighted by atomic mass is 10.1. The second-order valence-corrected chi connectivity index (χ2v) is 7.33. The molecule has 1 atom stereocenters. The Morgan fingerprint density at radius 2 is 1.86 bits per heavy atom. The van der Waals surface area contributed by atoms with Gasteiger partial charge in [-0.2, -0.15) is 0 Å². The molecular formula is C20H18Cl2N4O2. The molecule has 1 aromatic carbocycles. The number of hydrogen-bond donors (Lipinski definition) is 0. The Morgan fingerprint density at radius 1 is 1.14 bits per heavy atom. The van der Waals surface area contributed by atoms with Gasteiger partial charge >= 0.3 is 0 Å². The lowest BCUT2D eigenvalue weighted by Crippen LogP contribution is -2.41. The van der Waals surface area contributed by atoms with Crippen molar-refractivity contribution in [2.45, 2.75) is 6.10 Å². The fraction of sp³-hybridized carbons (Fsp3) is 0.250. The number of anilines is 1. The molecule has 0 bridgehead atoms. The van der Waals surface area contributed by atoms with Crippen LogP contribution in [0.2, 0.25) is 10.0 Å². The summed E-state index contributed by atoms with van der Waals surface area (Å²) in [5, 5.41) is 1.12. The fourth-order valence-electron chi connectivity index (χ4n) is 3.30. The quantitative estimate of drug-likeness (QED) is 0.650. The predicted molar refractivity (Wildman–Crippen MR) is 110 cm³/mol. The van der Waals surface area contributed by atoms with E-state index in [1.165, 1.54) is 6.07 Å². The van der Waals surface area contributed by atoms with Crippen molar-refractivity contribution in [1.29, 1.82) is 0 Å². The normalized spacial score (nSPS) is 17.0. The summed E-state index contributed by atoms with van der Waals surface area (Å²) < 4.78 is 7.47. The van der Waals surface area contributed by atoms with Crippen LogP contribution in [0.3, 0.4) is 0 Å². The summed E-state index contributed by atoms with van der Waals surface area (Å²) in [7, 11) is 1.72. The molecule has 0 aliphatic carbocycles. The van der Waals surface area contributed by atoms with E-state index in [0.29, 0.717) is 41.4 Å². The average Bonchev–Trinajstić information content (AvgIpc) is 2.71. The van der Waals surface area contributed by atoms with Crippen molar-refractivity contribution in [3.63, 3.8) is 0 Å². The first kappa shape index (κ1) is 18.9. The molecule has 1 fully saturated rings. The SMILES string of the molecule is Cn1c(N2CCO[C@@H](c3c(Cl)cccc3Cl)C2)nc(-c2ccncc2)cc1=O. The fourth-order valence-corrected chi connectivity index (χ4v) is 3.95. The Morgan fingerprint density at radius 3 is 2.57 bits per heavy atom. The molecule has 0 spiro atoms. The van der Waals surface area contributed by atoms with E-state index in [9.17, 15) is 4.79 Å². The summed E-state index contributed by atoms with van der Waals surface area (Å²) in [6.07, 6.45) is 3.05. The third-order valence-electron chi connectivity index (χ3n) is 4.76. The van der Waals surface area contributed by atoms with E-state index in [4.69, 9.17) is 32.9 Å². The molecule has 0 unspecified atom stereocenters. The van der Waals surface area contributed by atoms with Crippen molar-refractivity contribution in [3.8, 4) is 11.3 Å². The van der Waals surface area contributed by atoms with Gasteiger partial charge in [0.2, 0.25) is 5.95 Å². The van der Waals surface area contributed by atoms with E-state index in [1.54, 1.807) is 42.2 Å². The highest BCUT2D eigenvalue weighted by Gasteiger charge is 2.28. The third-order valence-corrected chi connectivity index (χ3v) is 5.42. The van der Waals surface area contributed by atoms with Crippen LogP contribution in [-0.2, 0) is 11.8 Å². The zero-order valence-corrected chi connectivity index (χ0v) is 16.7. The van der Waals surface area contributed by atoms with Crippen LogP contribution in [0, 0.1) is 0 Å². The number of hydrogen-bond acceptors (Lipinski definition) is 5. The summed E-state index contributed by atoms with van der Waals surface area (Å²) in [4.78, 5) is 23.3. The van der Waals surface area contributed by atoms with Crippen LogP contribution in [-0.4, -0.2) is 34.2 Å². The van der Waals surface area contributed by atoms with Crippen LogP contribution in [0.4, 0.5) is 5.95 Å². The molecular weight excluding hydrogens is 399 g/mol. The Hall–Kier alpha value is -2.41. The summed E-state index contributed by atoms with van der Waals surface area (Å²) in [6.45, 7) is 1.57. The average molecular weight is 417 g/mol. The van der Waals surface area contributed by atoms with Crippen molar-refractivity contribution >= 4 is 29.2 Å². The second-order valence-electron chi connectivity index (χ2n) is 6.52. The van der Waals surface area contributed by atoms with Crippen molar-refractivity contribution < 1.29 is 4.74 Å². The smallest absolute Gasteiger partial charge is 0.255 e. The number of pyridine rings is 1. The minimum atomic E-state index is -0.309. The van der Waals surface area contributed by atoms with Gasteiger partial charge in [0.15, 0.2) is 0 Å². The lowest BCUT2D eigenvalue weighted by Gasteiger charge is -2.35. The Kier molecular flexibility index (Phi) is 5.35. The molecule has 0 saturated carbocycles. The highest BCUT2D eigenvalue weighted by atomic mass is 35.5. The third kappa shape index (κ3) is 3.63. The van der Waals surface area contributed by atoms with Crippen LogP contribution in [0.15, 0.2) is 53.6 Å². The van der Waals surface area contributed by atoms with E-state index >= 15 is 0 Å². The summed E-state index contributed by atoms with van der Waals surface area (Å²) >= 11 is 12.7. The molecule has 1 aliphatic rings. The van der Waals surface area contributed by atoms with E-state index < -0.39 is 0 Å². The van der Waals surface area contributed by atoms with Crippen molar-refractivity contribution in [1.82, 2.24) is 14.5 Å². The molecule has 3 heterocycles. The monoisotopic (exact) mass is 416 g/mol. The minimum Gasteiger partial charge on any atom is -0.370 e. The van der Waals surface area contributed by atoms with Gasteiger partial charge in [0.05, 0.1) is 18.8 Å². The predicted octanol–water partition coefficient (Wildman–Crippen LogP) is 3.73. The first-order chi connectivity index (χ1) is 13.5. The van der Waals surface area contributed by atoms with Crippen LogP contribution < -0.4 is 10.5 Å². The van der Waals surface area contributed by atoms with Gasteiger partial charge in [-0.05, 0) is 24.3 Å². The van der Waals surface area contributed by atoms with Crippen molar-refractivity contribution in [3.05, 3.63) is 74.8 Å². The molecule has 144 valence electrons. The molecule has 1 aliphatic heterocycles. The first-order valence-electron chi connectivity index (χ1n) is 8.83. The Bertz CT molecular complexity index is 1040. The molecule has 8 heteroatoms. The minimum absolute atomic E-state index is 0.129. The zero-order valence-electron chi connectivity index (χ0n) is 15.2. The van der Waals surface area contributed by atoms with Gasteiger partial charge in [0.1, 0.15) is 6.10 Å². The van der Waals surface area contributed by atoms with Gasteiger partial charge in [-0.25, -0.2) is 4.98 Å². The molecule has 28 heavy (non-hydrogen) atoms. The summed E-state index contributed by atoms with van der Waals surface area (Å²) in [6, 6.07) is 10.6. The van der Waals surface area contributed by atoms with Gasteiger partial charge in [0, 0.05) is 53.2 Å². The Labute approximate surface area is 172 Å². The maximum absolute atomic E-state index is 12.5. The van der Waals surface area contributed by atoms with Gasteiger partial charge in [0.25, 0.3) is 5.56 Å². The lowest BCUT2D eigenvalue weighted by molar-refractivity contribution is 0.0391. The van der Waals surface area contributed by atoms with Gasteiger partial charge in [-0.15, -0.1) is 0 Å². The molecule has 0 N–H and O–H groups in total. The highest BCUT2D eigenvalue weighted by molar-refractivity contribution is 6.36.